The number of carbonyl (C=O) groups is 2. The normalized spacial score (nSPS) is 17.0. The molecule has 1 aliphatic rings. The first-order chi connectivity index (χ1) is 20.3. The van der Waals surface area contributed by atoms with E-state index < -0.39 is 29.1 Å². The Morgan fingerprint density at radius 1 is 1.09 bits per heavy atom. The minimum Gasteiger partial charge on any atom is -0.444 e. The van der Waals surface area contributed by atoms with Crippen LogP contribution in [-0.4, -0.2) is 62.3 Å². The number of halogens is 4. The second-order valence-corrected chi connectivity index (χ2v) is 13.9. The van der Waals surface area contributed by atoms with Gasteiger partial charge < -0.3 is 24.4 Å². The van der Waals surface area contributed by atoms with Gasteiger partial charge in [-0.05, 0) is 87.9 Å². The highest BCUT2D eigenvalue weighted by Gasteiger charge is 2.45. The third kappa shape index (κ3) is 7.97. The Bertz CT molecular complexity index is 1490. The lowest BCUT2D eigenvalue weighted by molar-refractivity contribution is -0.190. The monoisotopic (exact) mass is 635 g/mol. The van der Waals surface area contributed by atoms with Crippen molar-refractivity contribution in [2.75, 3.05) is 18.4 Å². The van der Waals surface area contributed by atoms with Gasteiger partial charge in [0.15, 0.2) is 0 Å². The topological polar surface area (TPSA) is 79.7 Å². The highest BCUT2D eigenvalue weighted by molar-refractivity contribution is 6.30. The Morgan fingerprint density at radius 2 is 1.75 bits per heavy atom. The quantitative estimate of drug-likeness (QED) is 0.295. The molecule has 0 bridgehead atoms. The number of alkyl halides is 3. The lowest BCUT2D eigenvalue weighted by atomic mass is 9.86. The summed E-state index contributed by atoms with van der Waals surface area (Å²) in [4.78, 5) is 32.9. The summed E-state index contributed by atoms with van der Waals surface area (Å²) < 4.78 is 48.5. The van der Waals surface area contributed by atoms with Crippen LogP contribution >= 0.6 is 11.6 Å². The number of ether oxygens (including phenoxy) is 1. The number of likely N-dealkylation sites (tertiary alicyclic amines) is 1. The van der Waals surface area contributed by atoms with Gasteiger partial charge in [0.25, 0.3) is 0 Å². The molecule has 2 heterocycles. The summed E-state index contributed by atoms with van der Waals surface area (Å²) in [6.07, 6.45) is -3.86. The number of nitrogens with one attached hydrogen (secondary N) is 1. The van der Waals surface area contributed by atoms with Gasteiger partial charge in [0.05, 0.1) is 17.1 Å². The molecule has 1 fully saturated rings. The maximum atomic E-state index is 13.6. The molecule has 2 amide bonds. The van der Waals surface area contributed by atoms with Crippen LogP contribution in [-0.2, 0) is 16.1 Å². The molecule has 4 rings (SSSR count). The van der Waals surface area contributed by atoms with E-state index in [-0.39, 0.29) is 18.7 Å². The number of anilines is 2. The molecule has 0 aliphatic carbocycles. The van der Waals surface area contributed by atoms with Crippen molar-refractivity contribution in [3.05, 3.63) is 53.1 Å². The Morgan fingerprint density at radius 3 is 2.34 bits per heavy atom. The fourth-order valence-electron chi connectivity index (χ4n) is 5.23. The first kappa shape index (κ1) is 33.4. The minimum absolute atomic E-state index is 0.147. The molecule has 2 atom stereocenters. The van der Waals surface area contributed by atoms with Gasteiger partial charge in [-0.3, -0.25) is 4.79 Å². The molecule has 2 aromatic carbocycles. The third-order valence-electron chi connectivity index (χ3n) is 7.84. The van der Waals surface area contributed by atoms with E-state index in [1.54, 1.807) is 56.9 Å². The molecule has 12 heteroatoms. The van der Waals surface area contributed by atoms with Crippen LogP contribution in [0.5, 0.6) is 0 Å². The summed E-state index contributed by atoms with van der Waals surface area (Å²) in [6, 6.07) is 11.6. The number of piperidine rings is 1. The molecule has 3 aromatic rings. The van der Waals surface area contributed by atoms with Crippen LogP contribution in [0.3, 0.4) is 0 Å². The van der Waals surface area contributed by atoms with E-state index in [1.165, 1.54) is 0 Å². The van der Waals surface area contributed by atoms with Crippen LogP contribution in [0.2, 0.25) is 5.02 Å². The maximum absolute atomic E-state index is 13.6. The predicted octanol–water partition coefficient (Wildman–Crippen LogP) is 8.33. The summed E-state index contributed by atoms with van der Waals surface area (Å²) >= 11 is 6.09. The average Bonchev–Trinajstić information content (AvgIpc) is 3.27. The van der Waals surface area contributed by atoms with Crippen molar-refractivity contribution in [3.8, 4) is 0 Å². The van der Waals surface area contributed by atoms with E-state index in [0.717, 1.165) is 28.9 Å². The van der Waals surface area contributed by atoms with Gasteiger partial charge in [0.2, 0.25) is 5.95 Å². The van der Waals surface area contributed by atoms with Crippen molar-refractivity contribution in [2.24, 2.45) is 5.41 Å². The molecule has 44 heavy (non-hydrogen) atoms. The maximum Gasteiger partial charge on any atom is 0.471 e. The van der Waals surface area contributed by atoms with E-state index >= 15 is 0 Å². The van der Waals surface area contributed by atoms with Crippen molar-refractivity contribution in [3.63, 3.8) is 0 Å². The zero-order valence-electron chi connectivity index (χ0n) is 26.3. The number of rotatable bonds is 6. The molecule has 1 saturated heterocycles. The molecule has 0 saturated carbocycles. The number of benzene rings is 2. The predicted molar refractivity (Wildman–Crippen MR) is 166 cm³/mol. The van der Waals surface area contributed by atoms with Gasteiger partial charge in [-0.1, -0.05) is 38.4 Å². The second-order valence-electron chi connectivity index (χ2n) is 13.5. The summed E-state index contributed by atoms with van der Waals surface area (Å²) in [7, 11) is 0. The molecule has 240 valence electrons. The lowest BCUT2D eigenvalue weighted by Crippen LogP contribution is -2.50. The van der Waals surface area contributed by atoms with Crippen LogP contribution in [0.15, 0.2) is 42.5 Å². The van der Waals surface area contributed by atoms with Crippen LogP contribution in [0.25, 0.3) is 11.0 Å². The zero-order valence-corrected chi connectivity index (χ0v) is 27.0. The smallest absolute Gasteiger partial charge is 0.444 e. The Labute approximate surface area is 261 Å². The number of aromatic nitrogens is 2. The third-order valence-corrected chi connectivity index (χ3v) is 8.10. The second kappa shape index (κ2) is 12.5. The van der Waals surface area contributed by atoms with Gasteiger partial charge >= 0.3 is 18.2 Å². The standard InChI is InChI=1S/C32H41ClF3N5O3/c1-20(30(2,3)4)40(27(42)32(34,35)36)18-21-10-15-26-25(17-21)38-28(37-23-13-11-22(33)12-14-23)41(26)24-9-8-16-39(19-24)29(43)44-31(5,6)7/h10-15,17,20,24H,8-9,16,18-19H2,1-7H3,(H,37,38)/t20-,24?/m0/s1. The first-order valence-electron chi connectivity index (χ1n) is 14.7. The average molecular weight is 636 g/mol. The summed E-state index contributed by atoms with van der Waals surface area (Å²) in [6.45, 7) is 13.3. The van der Waals surface area contributed by atoms with E-state index in [9.17, 15) is 22.8 Å². The lowest BCUT2D eigenvalue weighted by Gasteiger charge is -2.38. The van der Waals surface area contributed by atoms with Crippen molar-refractivity contribution in [1.29, 1.82) is 0 Å². The number of fused-ring (bicyclic) bond motifs is 1. The van der Waals surface area contributed by atoms with Crippen molar-refractivity contribution >= 4 is 46.3 Å². The molecule has 8 nitrogen and oxygen atoms in total. The molecular weight excluding hydrogens is 595 g/mol. The van der Waals surface area contributed by atoms with Crippen LogP contribution in [0, 0.1) is 5.41 Å². The van der Waals surface area contributed by atoms with Gasteiger partial charge in [0, 0.05) is 36.4 Å². The number of carbonyl (C=O) groups excluding carboxylic acids is 2. The van der Waals surface area contributed by atoms with Crippen molar-refractivity contribution < 1.29 is 27.5 Å². The van der Waals surface area contributed by atoms with E-state index in [4.69, 9.17) is 21.3 Å². The van der Waals surface area contributed by atoms with Crippen LogP contribution in [0.1, 0.15) is 72.9 Å². The number of imidazole rings is 1. The Hall–Kier alpha value is -3.47. The van der Waals surface area contributed by atoms with Gasteiger partial charge in [-0.25, -0.2) is 9.78 Å². The number of amides is 2. The fourth-order valence-corrected chi connectivity index (χ4v) is 5.36. The summed E-state index contributed by atoms with van der Waals surface area (Å²) in [5.41, 5.74) is 1.35. The highest BCUT2D eigenvalue weighted by Crippen LogP contribution is 2.34. The molecular formula is C32H41ClF3N5O3. The molecule has 0 radical (unpaired) electrons. The summed E-state index contributed by atoms with van der Waals surface area (Å²) in [5.74, 6) is -1.36. The van der Waals surface area contributed by atoms with Crippen LogP contribution in [0.4, 0.5) is 29.6 Å². The molecule has 1 unspecified atom stereocenters. The Kier molecular flexibility index (Phi) is 9.49. The van der Waals surface area contributed by atoms with Crippen LogP contribution < -0.4 is 5.32 Å². The first-order valence-corrected chi connectivity index (χ1v) is 15.1. The number of hydrogen-bond donors (Lipinski definition) is 1. The van der Waals surface area contributed by atoms with Gasteiger partial charge in [0.1, 0.15) is 5.60 Å². The van der Waals surface area contributed by atoms with Crippen molar-refractivity contribution in [1.82, 2.24) is 19.4 Å². The van der Waals surface area contributed by atoms with Crippen molar-refractivity contribution in [2.45, 2.75) is 91.7 Å². The van der Waals surface area contributed by atoms with E-state index in [1.807, 2.05) is 43.5 Å². The van der Waals surface area contributed by atoms with E-state index in [2.05, 4.69) is 5.32 Å². The molecule has 1 aliphatic heterocycles. The number of nitrogens with zero attached hydrogens (tertiary/aromatic N) is 4. The SMILES string of the molecule is C[C@H](N(Cc1ccc2c(c1)nc(Nc1ccc(Cl)cc1)n2C1CCCN(C(=O)OC(C)(C)C)C1)C(=O)C(F)(F)F)C(C)(C)C. The minimum atomic E-state index is -5.00. The molecule has 0 spiro atoms. The molecule has 1 N–H and O–H groups in total. The van der Waals surface area contributed by atoms with Gasteiger partial charge in [-0.15, -0.1) is 0 Å². The Balaban J connectivity index is 1.73. The highest BCUT2D eigenvalue weighted by atomic mass is 35.5. The number of hydrogen-bond acceptors (Lipinski definition) is 5. The largest absolute Gasteiger partial charge is 0.471 e. The zero-order chi connectivity index (χ0) is 32.6. The molecule has 1 aromatic heterocycles. The fraction of sp³-hybridized carbons (Fsp3) is 0.531. The van der Waals surface area contributed by atoms with E-state index in [0.29, 0.717) is 35.1 Å². The summed E-state index contributed by atoms with van der Waals surface area (Å²) in [5, 5.41) is 3.93. The van der Waals surface area contributed by atoms with Gasteiger partial charge in [-0.2, -0.15) is 13.2 Å².